The number of halogens is 1. The number of rotatable bonds is 2. The van der Waals surface area contributed by atoms with E-state index in [1.807, 2.05) is 25.1 Å². The van der Waals surface area contributed by atoms with Gasteiger partial charge in [0.05, 0.1) is 11.4 Å². The summed E-state index contributed by atoms with van der Waals surface area (Å²) >= 11 is 3.45. The first-order valence-electron chi connectivity index (χ1n) is 6.59. The highest BCUT2D eigenvalue weighted by Gasteiger charge is 2.27. The van der Waals surface area contributed by atoms with Crippen LogP contribution in [0.3, 0.4) is 0 Å². The van der Waals surface area contributed by atoms with Crippen molar-refractivity contribution in [2.24, 2.45) is 5.92 Å². The van der Waals surface area contributed by atoms with Gasteiger partial charge in [0.15, 0.2) is 0 Å². The lowest BCUT2D eigenvalue weighted by Gasteiger charge is -2.19. The minimum Gasteiger partial charge on any atom is -0.326 e. The number of aromatic nitrogens is 3. The van der Waals surface area contributed by atoms with Crippen LogP contribution in [0.5, 0.6) is 0 Å². The smallest absolute Gasteiger partial charge is 0.227 e. The third kappa shape index (κ3) is 2.60. The zero-order valence-electron chi connectivity index (χ0n) is 11.1. The van der Waals surface area contributed by atoms with E-state index in [9.17, 15) is 4.79 Å². The predicted octanol–water partition coefficient (Wildman–Crippen LogP) is 2.62. The van der Waals surface area contributed by atoms with Crippen LogP contribution in [0.2, 0.25) is 0 Å². The van der Waals surface area contributed by atoms with Gasteiger partial charge in [-0.25, -0.2) is 0 Å². The molecule has 0 bridgehead atoms. The molecule has 1 aliphatic rings. The molecular formula is C14H15BrN4O. The Morgan fingerprint density at radius 1 is 1.40 bits per heavy atom. The molecule has 2 aromatic rings. The molecule has 0 aliphatic heterocycles. The highest BCUT2D eigenvalue weighted by molar-refractivity contribution is 9.10. The van der Waals surface area contributed by atoms with E-state index >= 15 is 0 Å². The molecule has 0 radical (unpaired) electrons. The Bertz CT molecular complexity index is 652. The summed E-state index contributed by atoms with van der Waals surface area (Å²) in [4.78, 5) is 12.3. The van der Waals surface area contributed by atoms with Crippen LogP contribution >= 0.6 is 15.9 Å². The number of H-pyrrole nitrogens is 1. The van der Waals surface area contributed by atoms with Crippen molar-refractivity contribution in [3.8, 4) is 0 Å². The maximum Gasteiger partial charge on any atom is 0.227 e. The third-order valence-corrected chi connectivity index (χ3v) is 4.56. The molecule has 2 N–H and O–H groups in total. The Morgan fingerprint density at radius 2 is 2.20 bits per heavy atom. The molecule has 6 heteroatoms. The minimum atomic E-state index is -0.0310. The Balaban J connectivity index is 1.69. The van der Waals surface area contributed by atoms with E-state index in [-0.39, 0.29) is 11.8 Å². The van der Waals surface area contributed by atoms with E-state index in [0.29, 0.717) is 6.42 Å². The molecule has 1 atom stereocenters. The molecule has 1 aliphatic carbocycles. The molecule has 1 unspecified atom stereocenters. The number of hydrogen-bond donors (Lipinski definition) is 2. The van der Waals surface area contributed by atoms with Gasteiger partial charge in [-0.1, -0.05) is 15.9 Å². The van der Waals surface area contributed by atoms with Gasteiger partial charge < -0.3 is 5.32 Å². The van der Waals surface area contributed by atoms with Gasteiger partial charge in [-0.15, -0.1) is 0 Å². The van der Waals surface area contributed by atoms with Gasteiger partial charge in [-0.2, -0.15) is 15.4 Å². The second-order valence-electron chi connectivity index (χ2n) is 5.11. The second kappa shape index (κ2) is 5.36. The van der Waals surface area contributed by atoms with Crippen molar-refractivity contribution in [2.45, 2.75) is 26.2 Å². The maximum atomic E-state index is 12.3. The van der Waals surface area contributed by atoms with Crippen LogP contribution in [-0.2, 0) is 17.6 Å². The topological polar surface area (TPSA) is 70.7 Å². The summed E-state index contributed by atoms with van der Waals surface area (Å²) < 4.78 is 1.04. The van der Waals surface area contributed by atoms with Crippen LogP contribution < -0.4 is 5.32 Å². The van der Waals surface area contributed by atoms with Gasteiger partial charge >= 0.3 is 0 Å². The molecule has 3 rings (SSSR count). The van der Waals surface area contributed by atoms with Crippen molar-refractivity contribution in [3.05, 3.63) is 39.6 Å². The number of fused-ring (bicyclic) bond motifs is 1. The van der Waals surface area contributed by atoms with Gasteiger partial charge in [0.2, 0.25) is 5.91 Å². The molecule has 104 valence electrons. The number of anilines is 1. The van der Waals surface area contributed by atoms with Crippen LogP contribution in [0.1, 0.15) is 23.4 Å². The van der Waals surface area contributed by atoms with Gasteiger partial charge in [-0.05, 0) is 43.5 Å². The first-order valence-corrected chi connectivity index (χ1v) is 7.38. The molecule has 0 saturated carbocycles. The lowest BCUT2D eigenvalue weighted by atomic mass is 9.89. The van der Waals surface area contributed by atoms with E-state index in [0.717, 1.165) is 40.0 Å². The number of nitrogens with one attached hydrogen (secondary N) is 2. The second-order valence-corrected chi connectivity index (χ2v) is 5.96. The normalized spacial score (nSPS) is 17.6. The fourth-order valence-electron chi connectivity index (χ4n) is 2.48. The molecule has 1 aromatic carbocycles. The summed E-state index contributed by atoms with van der Waals surface area (Å²) in [6.07, 6.45) is 2.29. The number of hydrogen-bond acceptors (Lipinski definition) is 3. The van der Waals surface area contributed by atoms with E-state index < -0.39 is 0 Å². The highest BCUT2D eigenvalue weighted by atomic mass is 79.9. The van der Waals surface area contributed by atoms with Crippen molar-refractivity contribution in [1.29, 1.82) is 0 Å². The number of nitrogens with zero attached hydrogens (tertiary/aromatic N) is 2. The van der Waals surface area contributed by atoms with E-state index in [2.05, 4.69) is 36.7 Å². The first-order chi connectivity index (χ1) is 9.63. The standard InChI is InChI=1S/C14H15BrN4O/c1-8-6-10(3-4-11(8)15)16-14(20)9-2-5-12-13(7-9)18-19-17-12/h3-4,6,9H,2,5,7H2,1H3,(H,16,20)(H,17,18,19). The summed E-state index contributed by atoms with van der Waals surface area (Å²) in [5.41, 5.74) is 3.85. The number of aryl methyl sites for hydroxylation is 2. The number of carbonyl (C=O) groups is 1. The van der Waals surface area contributed by atoms with Crippen molar-refractivity contribution < 1.29 is 4.79 Å². The van der Waals surface area contributed by atoms with Crippen molar-refractivity contribution in [3.63, 3.8) is 0 Å². The molecule has 1 amide bonds. The fourth-order valence-corrected chi connectivity index (χ4v) is 2.72. The van der Waals surface area contributed by atoms with E-state index in [4.69, 9.17) is 0 Å². The van der Waals surface area contributed by atoms with Crippen LogP contribution in [0.25, 0.3) is 0 Å². The quantitative estimate of drug-likeness (QED) is 0.886. The van der Waals surface area contributed by atoms with E-state index in [1.165, 1.54) is 0 Å². The summed E-state index contributed by atoms with van der Waals surface area (Å²) in [6.45, 7) is 2.00. The molecule has 1 heterocycles. The zero-order chi connectivity index (χ0) is 14.1. The summed E-state index contributed by atoms with van der Waals surface area (Å²) in [6, 6.07) is 5.81. The van der Waals surface area contributed by atoms with Crippen LogP contribution in [0.15, 0.2) is 22.7 Å². The lowest BCUT2D eigenvalue weighted by Crippen LogP contribution is -2.28. The molecule has 5 nitrogen and oxygen atoms in total. The third-order valence-electron chi connectivity index (χ3n) is 3.67. The Morgan fingerprint density at radius 3 is 3.00 bits per heavy atom. The van der Waals surface area contributed by atoms with E-state index in [1.54, 1.807) is 0 Å². The minimum absolute atomic E-state index is 0.0310. The number of carbonyl (C=O) groups excluding carboxylic acids is 1. The number of aromatic amines is 1. The van der Waals surface area contributed by atoms with Gasteiger partial charge in [-0.3, -0.25) is 4.79 Å². The average molecular weight is 335 g/mol. The summed E-state index contributed by atoms with van der Waals surface area (Å²) in [5, 5.41) is 13.8. The lowest BCUT2D eigenvalue weighted by molar-refractivity contribution is -0.120. The largest absolute Gasteiger partial charge is 0.326 e. The Hall–Kier alpha value is -1.69. The van der Waals surface area contributed by atoms with Crippen molar-refractivity contribution >= 4 is 27.5 Å². The van der Waals surface area contributed by atoms with Crippen molar-refractivity contribution in [2.75, 3.05) is 5.32 Å². The van der Waals surface area contributed by atoms with Crippen LogP contribution in [0, 0.1) is 12.8 Å². The summed E-state index contributed by atoms with van der Waals surface area (Å²) in [7, 11) is 0. The number of amides is 1. The monoisotopic (exact) mass is 334 g/mol. The van der Waals surface area contributed by atoms with Gasteiger partial charge in [0, 0.05) is 22.5 Å². The molecule has 1 aromatic heterocycles. The molecular weight excluding hydrogens is 320 g/mol. The highest BCUT2D eigenvalue weighted by Crippen LogP contribution is 2.25. The Kier molecular flexibility index (Phi) is 3.56. The molecule has 0 fully saturated rings. The fraction of sp³-hybridized carbons (Fsp3) is 0.357. The van der Waals surface area contributed by atoms with Crippen LogP contribution in [-0.4, -0.2) is 21.3 Å². The average Bonchev–Trinajstić information content (AvgIpc) is 2.90. The maximum absolute atomic E-state index is 12.3. The first kappa shape index (κ1) is 13.3. The zero-order valence-corrected chi connectivity index (χ0v) is 12.7. The van der Waals surface area contributed by atoms with Gasteiger partial charge in [0.1, 0.15) is 0 Å². The van der Waals surface area contributed by atoms with Crippen LogP contribution in [0.4, 0.5) is 5.69 Å². The SMILES string of the molecule is Cc1cc(NC(=O)C2CCc3n[nH]nc3C2)ccc1Br. The Labute approximate surface area is 125 Å². The van der Waals surface area contributed by atoms with Crippen molar-refractivity contribution in [1.82, 2.24) is 15.4 Å². The molecule has 0 saturated heterocycles. The summed E-state index contributed by atoms with van der Waals surface area (Å²) in [5.74, 6) is 0.0249. The molecule has 0 spiro atoms. The predicted molar refractivity (Wildman–Crippen MR) is 79.4 cm³/mol. The number of benzene rings is 1. The molecule has 20 heavy (non-hydrogen) atoms. The van der Waals surface area contributed by atoms with Gasteiger partial charge in [0.25, 0.3) is 0 Å².